The van der Waals surface area contributed by atoms with Crippen molar-refractivity contribution in [1.29, 1.82) is 0 Å². The number of fused-ring (bicyclic) bond motifs is 1. The molecule has 2 aromatic rings. The average molecular weight is 331 g/mol. The normalized spacial score (nSPS) is 17.2. The van der Waals surface area contributed by atoms with Crippen molar-refractivity contribution < 1.29 is 14.0 Å². The van der Waals surface area contributed by atoms with Gasteiger partial charge in [-0.2, -0.15) is 0 Å². The minimum Gasteiger partial charge on any atom is -0.367 e. The van der Waals surface area contributed by atoms with Crippen molar-refractivity contribution >= 4 is 16.9 Å². The SMILES string of the molecule is CC(C)(C)C(=O)ON1CCC(c2ncnc3cc(F)ccc23)CC1. The van der Waals surface area contributed by atoms with Crippen molar-refractivity contribution in [2.24, 2.45) is 5.41 Å². The Hall–Kier alpha value is -2.08. The fourth-order valence-electron chi connectivity index (χ4n) is 2.85. The van der Waals surface area contributed by atoms with Gasteiger partial charge in [0.1, 0.15) is 12.1 Å². The molecule has 0 amide bonds. The lowest BCUT2D eigenvalue weighted by Crippen LogP contribution is -2.38. The maximum absolute atomic E-state index is 13.4. The molecule has 1 saturated heterocycles. The predicted molar refractivity (Wildman–Crippen MR) is 88.6 cm³/mol. The smallest absolute Gasteiger partial charge is 0.330 e. The summed E-state index contributed by atoms with van der Waals surface area (Å²) in [5.41, 5.74) is 1.06. The van der Waals surface area contributed by atoms with Gasteiger partial charge in [-0.3, -0.25) is 0 Å². The quantitative estimate of drug-likeness (QED) is 0.843. The Morgan fingerprint density at radius 3 is 2.62 bits per heavy atom. The highest BCUT2D eigenvalue weighted by Crippen LogP contribution is 2.31. The maximum atomic E-state index is 13.4. The van der Waals surface area contributed by atoms with Gasteiger partial charge in [0, 0.05) is 30.5 Å². The number of hydroxylamine groups is 2. The number of piperidine rings is 1. The zero-order valence-electron chi connectivity index (χ0n) is 14.3. The molecule has 0 spiro atoms. The Morgan fingerprint density at radius 2 is 1.96 bits per heavy atom. The number of hydrogen-bond donors (Lipinski definition) is 0. The Labute approximate surface area is 140 Å². The van der Waals surface area contributed by atoms with Crippen LogP contribution in [0.4, 0.5) is 4.39 Å². The zero-order valence-corrected chi connectivity index (χ0v) is 14.3. The van der Waals surface area contributed by atoms with Crippen LogP contribution in [0.3, 0.4) is 0 Å². The van der Waals surface area contributed by atoms with E-state index in [1.165, 1.54) is 18.5 Å². The minimum absolute atomic E-state index is 0.219. The van der Waals surface area contributed by atoms with E-state index >= 15 is 0 Å². The van der Waals surface area contributed by atoms with Crippen LogP contribution in [0.25, 0.3) is 10.9 Å². The molecule has 0 bridgehead atoms. The van der Waals surface area contributed by atoms with Gasteiger partial charge in [0.25, 0.3) is 0 Å². The molecule has 1 aromatic heterocycles. The summed E-state index contributed by atoms with van der Waals surface area (Å²) in [6.45, 7) is 6.86. The molecule has 1 fully saturated rings. The van der Waals surface area contributed by atoms with Crippen LogP contribution < -0.4 is 0 Å². The van der Waals surface area contributed by atoms with E-state index in [0.29, 0.717) is 18.6 Å². The van der Waals surface area contributed by atoms with Crippen molar-refractivity contribution in [1.82, 2.24) is 15.0 Å². The molecule has 128 valence electrons. The number of aromatic nitrogens is 2. The number of carbonyl (C=O) groups excluding carboxylic acids is 1. The van der Waals surface area contributed by atoms with Crippen molar-refractivity contribution in [3.63, 3.8) is 0 Å². The monoisotopic (exact) mass is 331 g/mol. The first kappa shape index (κ1) is 16.8. The number of nitrogens with zero attached hydrogens (tertiary/aromatic N) is 3. The highest BCUT2D eigenvalue weighted by atomic mass is 19.1. The summed E-state index contributed by atoms with van der Waals surface area (Å²) in [6.07, 6.45) is 3.16. The first-order valence-corrected chi connectivity index (χ1v) is 8.22. The van der Waals surface area contributed by atoms with Crippen LogP contribution >= 0.6 is 0 Å². The molecular weight excluding hydrogens is 309 g/mol. The van der Waals surface area contributed by atoms with Gasteiger partial charge >= 0.3 is 5.97 Å². The van der Waals surface area contributed by atoms with E-state index in [-0.39, 0.29) is 17.7 Å². The zero-order chi connectivity index (χ0) is 17.3. The number of hydrogen-bond acceptors (Lipinski definition) is 5. The third-order valence-corrected chi connectivity index (χ3v) is 4.29. The van der Waals surface area contributed by atoms with E-state index in [1.807, 2.05) is 20.8 Å². The Morgan fingerprint density at radius 1 is 1.25 bits per heavy atom. The van der Waals surface area contributed by atoms with Gasteiger partial charge in [0.2, 0.25) is 0 Å². The molecule has 0 unspecified atom stereocenters. The molecule has 3 rings (SSSR count). The first-order valence-electron chi connectivity index (χ1n) is 8.22. The molecule has 0 aliphatic carbocycles. The van der Waals surface area contributed by atoms with Gasteiger partial charge in [0.05, 0.1) is 16.6 Å². The second kappa shape index (κ2) is 6.43. The van der Waals surface area contributed by atoms with Crippen LogP contribution in [0, 0.1) is 11.2 Å². The largest absolute Gasteiger partial charge is 0.367 e. The van der Waals surface area contributed by atoms with Crippen LogP contribution in [0.5, 0.6) is 0 Å². The van der Waals surface area contributed by atoms with Crippen LogP contribution in [0.1, 0.15) is 45.2 Å². The Balaban J connectivity index is 1.70. The van der Waals surface area contributed by atoms with Gasteiger partial charge in [-0.1, -0.05) is 0 Å². The third kappa shape index (κ3) is 3.53. The van der Waals surface area contributed by atoms with Crippen LogP contribution in [-0.4, -0.2) is 34.1 Å². The predicted octanol–water partition coefficient (Wildman–Crippen LogP) is 3.45. The first-order chi connectivity index (χ1) is 11.3. The summed E-state index contributed by atoms with van der Waals surface area (Å²) < 4.78 is 13.4. The molecule has 0 N–H and O–H groups in total. The summed E-state index contributed by atoms with van der Waals surface area (Å²) in [6, 6.07) is 4.61. The lowest BCUT2D eigenvalue weighted by molar-refractivity contribution is -0.204. The number of benzene rings is 1. The van der Waals surface area contributed by atoms with E-state index in [0.717, 1.165) is 23.9 Å². The molecule has 0 atom stereocenters. The molecular formula is C18H22FN3O2. The Bertz CT molecular complexity index is 750. The fourth-order valence-corrected chi connectivity index (χ4v) is 2.85. The number of carbonyl (C=O) groups is 1. The summed E-state index contributed by atoms with van der Waals surface area (Å²) in [7, 11) is 0. The van der Waals surface area contributed by atoms with E-state index in [2.05, 4.69) is 9.97 Å². The molecule has 1 aromatic carbocycles. The van der Waals surface area contributed by atoms with Crippen molar-refractivity contribution in [3.05, 3.63) is 36.0 Å². The highest BCUT2D eigenvalue weighted by molar-refractivity contribution is 5.81. The highest BCUT2D eigenvalue weighted by Gasteiger charge is 2.29. The molecule has 0 radical (unpaired) electrons. The molecule has 6 heteroatoms. The molecule has 1 aliphatic rings. The van der Waals surface area contributed by atoms with E-state index < -0.39 is 5.41 Å². The van der Waals surface area contributed by atoms with Crippen LogP contribution in [0.2, 0.25) is 0 Å². The van der Waals surface area contributed by atoms with Gasteiger partial charge in [-0.15, -0.1) is 5.06 Å². The van der Waals surface area contributed by atoms with Gasteiger partial charge in [-0.25, -0.2) is 19.2 Å². The van der Waals surface area contributed by atoms with Crippen LogP contribution in [-0.2, 0) is 9.63 Å². The standard InChI is InChI=1S/C18H22FN3O2/c1-18(2,3)17(23)24-22-8-6-12(7-9-22)16-14-5-4-13(19)10-15(14)20-11-21-16/h4-5,10-12H,6-9H2,1-3H3. The van der Waals surface area contributed by atoms with E-state index in [4.69, 9.17) is 4.84 Å². The topological polar surface area (TPSA) is 55.3 Å². The molecule has 5 nitrogen and oxygen atoms in total. The lowest BCUT2D eigenvalue weighted by atomic mass is 9.91. The number of rotatable bonds is 2. The lowest BCUT2D eigenvalue weighted by Gasteiger charge is -2.32. The maximum Gasteiger partial charge on any atom is 0.330 e. The molecule has 2 heterocycles. The minimum atomic E-state index is -0.510. The summed E-state index contributed by atoms with van der Waals surface area (Å²) >= 11 is 0. The van der Waals surface area contributed by atoms with Crippen molar-refractivity contribution in [2.45, 2.75) is 39.5 Å². The van der Waals surface area contributed by atoms with Crippen LogP contribution in [0.15, 0.2) is 24.5 Å². The van der Waals surface area contributed by atoms with E-state index in [9.17, 15) is 9.18 Å². The fraction of sp³-hybridized carbons (Fsp3) is 0.500. The third-order valence-electron chi connectivity index (χ3n) is 4.29. The summed E-state index contributed by atoms with van der Waals surface area (Å²) in [5.74, 6) is -0.259. The average Bonchev–Trinajstić information content (AvgIpc) is 2.54. The van der Waals surface area contributed by atoms with Gasteiger partial charge < -0.3 is 4.84 Å². The molecule has 24 heavy (non-hydrogen) atoms. The molecule has 1 aliphatic heterocycles. The van der Waals surface area contributed by atoms with Crippen molar-refractivity contribution in [3.8, 4) is 0 Å². The second-order valence-corrected chi connectivity index (χ2v) is 7.25. The summed E-state index contributed by atoms with van der Waals surface area (Å²) in [4.78, 5) is 26.0. The van der Waals surface area contributed by atoms with E-state index in [1.54, 1.807) is 11.1 Å². The van der Waals surface area contributed by atoms with Gasteiger partial charge in [0.15, 0.2) is 0 Å². The summed E-state index contributed by atoms with van der Waals surface area (Å²) in [5, 5.41) is 2.62. The van der Waals surface area contributed by atoms with Crippen molar-refractivity contribution in [2.75, 3.05) is 13.1 Å². The number of halogens is 1. The molecule has 0 saturated carbocycles. The second-order valence-electron chi connectivity index (χ2n) is 7.25. The van der Waals surface area contributed by atoms with Gasteiger partial charge in [-0.05, 0) is 45.7 Å². The Kier molecular flexibility index (Phi) is 4.49.